The third kappa shape index (κ3) is 6.64. The van der Waals surface area contributed by atoms with Crippen molar-refractivity contribution < 1.29 is 19.1 Å². The number of rotatable bonds is 8. The second kappa shape index (κ2) is 11.5. The molecule has 1 aliphatic heterocycles. The molecule has 1 fully saturated rings. The molecule has 0 spiro atoms. The Morgan fingerprint density at radius 3 is 2.52 bits per heavy atom. The number of esters is 1. The maximum atomic E-state index is 12.6. The van der Waals surface area contributed by atoms with Crippen molar-refractivity contribution in [1.82, 2.24) is 10.2 Å². The second-order valence-electron chi connectivity index (χ2n) is 7.33. The largest absolute Gasteiger partial charge is 0.454 e. The van der Waals surface area contributed by atoms with Crippen LogP contribution in [-0.2, 0) is 14.3 Å². The number of thioether (sulfide) groups is 1. The number of amides is 2. The van der Waals surface area contributed by atoms with Crippen LogP contribution in [0.15, 0.2) is 24.3 Å². The lowest BCUT2D eigenvalue weighted by atomic mass is 9.97. The molecule has 0 saturated carbocycles. The summed E-state index contributed by atoms with van der Waals surface area (Å²) in [5, 5.41) is 3.00. The first-order valence-electron chi connectivity index (χ1n) is 9.87. The molecule has 2 rings (SSSR count). The molecule has 1 saturated heterocycles. The van der Waals surface area contributed by atoms with E-state index < -0.39 is 17.9 Å². The summed E-state index contributed by atoms with van der Waals surface area (Å²) in [4.78, 5) is 39.5. The highest BCUT2D eigenvalue weighted by Gasteiger charge is 2.30. The average Bonchev–Trinajstić information content (AvgIpc) is 2.69. The Morgan fingerprint density at radius 2 is 1.90 bits per heavy atom. The third-order valence-electron chi connectivity index (χ3n) is 5.14. The van der Waals surface area contributed by atoms with Crippen LogP contribution in [0.3, 0.4) is 0 Å². The number of benzene rings is 1. The Balaban J connectivity index is 1.98. The lowest BCUT2D eigenvalue weighted by molar-refractivity contribution is -0.156. The molecule has 8 heteroatoms. The van der Waals surface area contributed by atoms with Gasteiger partial charge in [-0.1, -0.05) is 23.7 Å². The Morgan fingerprint density at radius 1 is 1.24 bits per heavy atom. The van der Waals surface area contributed by atoms with Crippen LogP contribution < -0.4 is 5.32 Å². The van der Waals surface area contributed by atoms with Gasteiger partial charge in [-0.15, -0.1) is 0 Å². The normalized spacial score (nSPS) is 20.1. The SMILES string of the molecule is CSCC[C@H](NC(=O)c1ccccc1Cl)C(=O)OCC(=O)N1[C@@H](C)CCC[C@@H]1C. The predicted molar refractivity (Wildman–Crippen MR) is 116 cm³/mol. The molecular formula is C21H29ClN2O4S. The van der Waals surface area contributed by atoms with Crippen LogP contribution in [0.2, 0.25) is 5.02 Å². The van der Waals surface area contributed by atoms with Gasteiger partial charge in [-0.3, -0.25) is 9.59 Å². The van der Waals surface area contributed by atoms with Gasteiger partial charge < -0.3 is 15.0 Å². The predicted octanol–water partition coefficient (Wildman–Crippen LogP) is 3.52. The standard InChI is InChI=1S/C21H29ClN2O4S/c1-14-7-6-8-15(2)24(14)19(25)13-28-21(27)18(11-12-29-3)23-20(26)16-9-4-5-10-17(16)22/h4-5,9-10,14-15,18H,6-8,11-13H2,1-3H3,(H,23,26)/t14-,15-,18-/m0/s1. The van der Waals surface area contributed by atoms with Gasteiger partial charge >= 0.3 is 5.97 Å². The molecule has 0 bridgehead atoms. The zero-order chi connectivity index (χ0) is 21.4. The van der Waals surface area contributed by atoms with E-state index in [0.717, 1.165) is 19.3 Å². The van der Waals surface area contributed by atoms with Crippen molar-refractivity contribution >= 4 is 41.1 Å². The first-order chi connectivity index (χ1) is 13.8. The van der Waals surface area contributed by atoms with Gasteiger partial charge in [0.1, 0.15) is 6.04 Å². The van der Waals surface area contributed by atoms with Gasteiger partial charge in [-0.25, -0.2) is 4.79 Å². The first kappa shape index (κ1) is 23.5. The number of nitrogens with zero attached hydrogens (tertiary/aromatic N) is 1. The van der Waals surface area contributed by atoms with E-state index in [1.807, 2.05) is 20.1 Å². The summed E-state index contributed by atoms with van der Waals surface area (Å²) in [5.41, 5.74) is 0.295. The summed E-state index contributed by atoms with van der Waals surface area (Å²) in [5.74, 6) is -0.580. The molecule has 1 aromatic carbocycles. The highest BCUT2D eigenvalue weighted by molar-refractivity contribution is 7.98. The van der Waals surface area contributed by atoms with E-state index in [2.05, 4.69) is 5.32 Å². The molecule has 1 aromatic rings. The maximum Gasteiger partial charge on any atom is 0.329 e. The van der Waals surface area contributed by atoms with E-state index in [4.69, 9.17) is 16.3 Å². The molecule has 0 unspecified atom stereocenters. The number of piperidine rings is 1. The highest BCUT2D eigenvalue weighted by Crippen LogP contribution is 2.22. The number of carbonyl (C=O) groups is 3. The smallest absolute Gasteiger partial charge is 0.329 e. The van der Waals surface area contributed by atoms with Crippen molar-refractivity contribution in [2.24, 2.45) is 0 Å². The van der Waals surface area contributed by atoms with Gasteiger partial charge in [-0.2, -0.15) is 11.8 Å². The Bertz CT molecular complexity index is 720. The van der Waals surface area contributed by atoms with Crippen LogP contribution in [0.4, 0.5) is 0 Å². The number of hydrogen-bond acceptors (Lipinski definition) is 5. The Kier molecular flexibility index (Phi) is 9.30. The fraction of sp³-hybridized carbons (Fsp3) is 0.571. The fourth-order valence-electron chi connectivity index (χ4n) is 3.59. The molecule has 0 aliphatic carbocycles. The average molecular weight is 441 g/mol. The highest BCUT2D eigenvalue weighted by atomic mass is 35.5. The maximum absolute atomic E-state index is 12.6. The molecule has 3 atom stereocenters. The lowest BCUT2D eigenvalue weighted by Gasteiger charge is -2.38. The number of halogens is 1. The van der Waals surface area contributed by atoms with Crippen molar-refractivity contribution in [3.8, 4) is 0 Å². The summed E-state index contributed by atoms with van der Waals surface area (Å²) >= 11 is 7.63. The summed E-state index contributed by atoms with van der Waals surface area (Å²) < 4.78 is 5.29. The van der Waals surface area contributed by atoms with E-state index in [1.165, 1.54) is 0 Å². The van der Waals surface area contributed by atoms with E-state index in [1.54, 1.807) is 40.9 Å². The minimum atomic E-state index is -0.838. The minimum Gasteiger partial charge on any atom is -0.454 e. The number of ether oxygens (including phenoxy) is 1. The monoisotopic (exact) mass is 440 g/mol. The van der Waals surface area contributed by atoms with Gasteiger partial charge in [0.25, 0.3) is 11.8 Å². The van der Waals surface area contributed by atoms with Crippen LogP contribution in [0, 0.1) is 0 Å². The van der Waals surface area contributed by atoms with Gasteiger partial charge in [0.15, 0.2) is 6.61 Å². The van der Waals surface area contributed by atoms with E-state index >= 15 is 0 Å². The zero-order valence-electron chi connectivity index (χ0n) is 17.2. The lowest BCUT2D eigenvalue weighted by Crippen LogP contribution is -2.50. The van der Waals surface area contributed by atoms with Crippen molar-refractivity contribution in [2.75, 3.05) is 18.6 Å². The third-order valence-corrected chi connectivity index (χ3v) is 6.11. The summed E-state index contributed by atoms with van der Waals surface area (Å²) in [6.45, 7) is 3.71. The molecule has 1 N–H and O–H groups in total. The van der Waals surface area contributed by atoms with Crippen molar-refractivity contribution in [3.05, 3.63) is 34.9 Å². The number of likely N-dealkylation sites (tertiary alicyclic amines) is 1. The van der Waals surface area contributed by atoms with Crippen LogP contribution in [-0.4, -0.2) is 59.4 Å². The molecule has 2 amide bonds. The van der Waals surface area contributed by atoms with Gasteiger partial charge in [0.2, 0.25) is 0 Å². The molecule has 29 heavy (non-hydrogen) atoms. The summed E-state index contributed by atoms with van der Waals surface area (Å²) in [6.07, 6.45) is 5.32. The van der Waals surface area contributed by atoms with Crippen molar-refractivity contribution in [1.29, 1.82) is 0 Å². The van der Waals surface area contributed by atoms with E-state index in [-0.39, 0.29) is 24.6 Å². The fourth-order valence-corrected chi connectivity index (χ4v) is 4.28. The summed E-state index contributed by atoms with van der Waals surface area (Å²) in [7, 11) is 0. The zero-order valence-corrected chi connectivity index (χ0v) is 18.7. The first-order valence-corrected chi connectivity index (χ1v) is 11.6. The van der Waals surface area contributed by atoms with Crippen LogP contribution in [0.25, 0.3) is 0 Å². The molecule has 6 nitrogen and oxygen atoms in total. The van der Waals surface area contributed by atoms with Crippen LogP contribution in [0.5, 0.6) is 0 Å². The van der Waals surface area contributed by atoms with Crippen molar-refractivity contribution in [2.45, 2.75) is 57.7 Å². The van der Waals surface area contributed by atoms with E-state index in [0.29, 0.717) is 22.8 Å². The van der Waals surface area contributed by atoms with E-state index in [9.17, 15) is 14.4 Å². The number of carbonyl (C=O) groups excluding carboxylic acids is 3. The topological polar surface area (TPSA) is 75.7 Å². The molecule has 0 aromatic heterocycles. The number of hydrogen-bond donors (Lipinski definition) is 1. The van der Waals surface area contributed by atoms with Gasteiger partial charge in [0, 0.05) is 12.1 Å². The molecule has 1 heterocycles. The molecule has 1 aliphatic rings. The van der Waals surface area contributed by atoms with Crippen LogP contribution >= 0.6 is 23.4 Å². The van der Waals surface area contributed by atoms with Gasteiger partial charge in [0.05, 0.1) is 10.6 Å². The quantitative estimate of drug-likeness (QED) is 0.626. The molecule has 160 valence electrons. The Labute approximate surface area is 181 Å². The Hall–Kier alpha value is -1.73. The second-order valence-corrected chi connectivity index (χ2v) is 8.72. The van der Waals surface area contributed by atoms with Crippen LogP contribution in [0.1, 0.15) is 49.9 Å². The van der Waals surface area contributed by atoms with Crippen molar-refractivity contribution in [3.63, 3.8) is 0 Å². The number of nitrogens with one attached hydrogen (secondary N) is 1. The van der Waals surface area contributed by atoms with Gasteiger partial charge in [-0.05, 0) is 63.7 Å². The summed E-state index contributed by atoms with van der Waals surface area (Å²) in [6, 6.07) is 6.08. The molecular weight excluding hydrogens is 412 g/mol. The minimum absolute atomic E-state index is 0.136. The molecule has 0 radical (unpaired) electrons.